The van der Waals surface area contributed by atoms with E-state index in [1.165, 1.54) is 0 Å². The fourth-order valence-electron chi connectivity index (χ4n) is 2.31. The molecule has 2 rings (SSSR count). The van der Waals surface area contributed by atoms with Crippen LogP contribution in [-0.2, 0) is 9.53 Å². The summed E-state index contributed by atoms with van der Waals surface area (Å²) in [5.41, 5.74) is 1.66. The Morgan fingerprint density at radius 2 is 2.24 bits per heavy atom. The Morgan fingerprint density at radius 1 is 1.48 bits per heavy atom. The van der Waals surface area contributed by atoms with Crippen LogP contribution in [0.15, 0.2) is 16.6 Å². The Labute approximate surface area is 138 Å². The van der Waals surface area contributed by atoms with E-state index in [0.29, 0.717) is 23.9 Å². The second-order valence-electron chi connectivity index (χ2n) is 5.28. The van der Waals surface area contributed by atoms with E-state index in [-0.39, 0.29) is 17.9 Å². The number of hydrogen-bond acceptors (Lipinski definition) is 3. The van der Waals surface area contributed by atoms with Crippen LogP contribution in [0.2, 0.25) is 5.02 Å². The van der Waals surface area contributed by atoms with Crippen LogP contribution in [0.5, 0.6) is 0 Å². The Hall–Kier alpha value is -0.620. The third kappa shape index (κ3) is 4.19. The van der Waals surface area contributed by atoms with Gasteiger partial charge in [0.1, 0.15) is 0 Å². The van der Waals surface area contributed by atoms with E-state index in [1.807, 2.05) is 13.0 Å². The second kappa shape index (κ2) is 7.58. The van der Waals surface area contributed by atoms with Crippen molar-refractivity contribution >= 4 is 39.1 Å². The van der Waals surface area contributed by atoms with Gasteiger partial charge >= 0.3 is 0 Å². The number of anilines is 1. The first-order valence-corrected chi connectivity index (χ1v) is 8.27. The highest BCUT2D eigenvalue weighted by Crippen LogP contribution is 2.30. The molecule has 1 fully saturated rings. The molecule has 1 aliphatic rings. The Morgan fingerprint density at radius 3 is 2.95 bits per heavy atom. The predicted molar refractivity (Wildman–Crippen MR) is 88.9 cm³/mol. The van der Waals surface area contributed by atoms with Crippen molar-refractivity contribution in [1.82, 2.24) is 5.32 Å². The quantitative estimate of drug-likeness (QED) is 0.829. The van der Waals surface area contributed by atoms with Crippen molar-refractivity contribution in [3.63, 3.8) is 0 Å². The van der Waals surface area contributed by atoms with E-state index >= 15 is 0 Å². The molecule has 1 aromatic rings. The molecule has 1 saturated heterocycles. The maximum Gasteiger partial charge on any atom is 0.231 e. The highest BCUT2D eigenvalue weighted by atomic mass is 79.9. The van der Waals surface area contributed by atoms with Gasteiger partial charge in [-0.15, -0.1) is 0 Å². The lowest BCUT2D eigenvalue weighted by atomic mass is 10.0. The van der Waals surface area contributed by atoms with Gasteiger partial charge in [0, 0.05) is 15.5 Å². The first kappa shape index (κ1) is 16.7. The van der Waals surface area contributed by atoms with Crippen LogP contribution in [0.3, 0.4) is 0 Å². The molecule has 0 saturated carbocycles. The van der Waals surface area contributed by atoms with Gasteiger partial charge in [-0.2, -0.15) is 0 Å². The van der Waals surface area contributed by atoms with Crippen LogP contribution < -0.4 is 10.6 Å². The third-order valence-corrected chi connectivity index (χ3v) is 4.64. The summed E-state index contributed by atoms with van der Waals surface area (Å²) in [6, 6.07) is 3.74. The van der Waals surface area contributed by atoms with Gasteiger partial charge < -0.3 is 15.4 Å². The van der Waals surface area contributed by atoms with E-state index in [4.69, 9.17) is 16.3 Å². The van der Waals surface area contributed by atoms with Crippen molar-refractivity contribution in [3.05, 3.63) is 27.2 Å². The van der Waals surface area contributed by atoms with Gasteiger partial charge in [-0.25, -0.2) is 0 Å². The molecule has 116 valence electrons. The standard InChI is InChI=1S/C15H20BrClN2O2/c1-3-4-18-14-8-21-7-10(14)15(20)19-13-6-12(17)9(2)5-11(13)16/h5-6,10,14,18H,3-4,7-8H2,1-2H3,(H,19,20). The van der Waals surface area contributed by atoms with Crippen molar-refractivity contribution in [1.29, 1.82) is 0 Å². The summed E-state index contributed by atoms with van der Waals surface area (Å²) >= 11 is 9.57. The second-order valence-corrected chi connectivity index (χ2v) is 6.54. The monoisotopic (exact) mass is 374 g/mol. The summed E-state index contributed by atoms with van der Waals surface area (Å²) < 4.78 is 6.27. The first-order chi connectivity index (χ1) is 10.0. The smallest absolute Gasteiger partial charge is 0.231 e. The number of hydrogen-bond donors (Lipinski definition) is 2. The highest BCUT2D eigenvalue weighted by Gasteiger charge is 2.33. The zero-order valence-corrected chi connectivity index (χ0v) is 14.6. The summed E-state index contributed by atoms with van der Waals surface area (Å²) in [5, 5.41) is 6.93. The Bertz CT molecular complexity index is 525. The minimum absolute atomic E-state index is 0.0401. The van der Waals surface area contributed by atoms with E-state index in [9.17, 15) is 4.79 Å². The largest absolute Gasteiger partial charge is 0.379 e. The lowest BCUT2D eigenvalue weighted by Crippen LogP contribution is -2.41. The van der Waals surface area contributed by atoms with Gasteiger partial charge in [0.25, 0.3) is 0 Å². The fourth-order valence-corrected chi connectivity index (χ4v) is 3.03. The average molecular weight is 376 g/mol. The fraction of sp³-hybridized carbons (Fsp3) is 0.533. The van der Waals surface area contributed by atoms with Gasteiger partial charge in [0.05, 0.1) is 24.8 Å². The Balaban J connectivity index is 2.05. The lowest BCUT2D eigenvalue weighted by molar-refractivity contribution is -0.120. The molecule has 0 bridgehead atoms. The summed E-state index contributed by atoms with van der Waals surface area (Å²) in [6.07, 6.45) is 1.03. The molecule has 0 aliphatic carbocycles. The van der Waals surface area contributed by atoms with Gasteiger partial charge in [-0.05, 0) is 53.5 Å². The molecule has 2 N–H and O–H groups in total. The normalized spacial score (nSPS) is 21.5. The van der Waals surface area contributed by atoms with Crippen molar-refractivity contribution in [2.75, 3.05) is 25.1 Å². The van der Waals surface area contributed by atoms with Crippen LogP contribution in [0.1, 0.15) is 18.9 Å². The van der Waals surface area contributed by atoms with Crippen LogP contribution >= 0.6 is 27.5 Å². The van der Waals surface area contributed by atoms with Crippen LogP contribution in [-0.4, -0.2) is 31.7 Å². The van der Waals surface area contributed by atoms with E-state index in [0.717, 1.165) is 23.0 Å². The first-order valence-electron chi connectivity index (χ1n) is 7.10. The molecular weight excluding hydrogens is 356 g/mol. The van der Waals surface area contributed by atoms with Gasteiger partial charge in [0.2, 0.25) is 5.91 Å². The topological polar surface area (TPSA) is 50.4 Å². The molecule has 2 unspecified atom stereocenters. The number of nitrogens with one attached hydrogen (secondary N) is 2. The van der Waals surface area contributed by atoms with Crippen LogP contribution in [0.4, 0.5) is 5.69 Å². The predicted octanol–water partition coefficient (Wildman–Crippen LogP) is 3.36. The highest BCUT2D eigenvalue weighted by molar-refractivity contribution is 9.10. The van der Waals surface area contributed by atoms with Gasteiger partial charge in [-0.1, -0.05) is 18.5 Å². The van der Waals surface area contributed by atoms with Crippen LogP contribution in [0.25, 0.3) is 0 Å². The van der Waals surface area contributed by atoms with Crippen LogP contribution in [0, 0.1) is 12.8 Å². The third-order valence-electron chi connectivity index (χ3n) is 3.58. The Kier molecular flexibility index (Phi) is 6.05. The summed E-state index contributed by atoms with van der Waals surface area (Å²) in [5.74, 6) is -0.217. The molecule has 0 aromatic heterocycles. The van der Waals surface area contributed by atoms with Gasteiger partial charge in [-0.3, -0.25) is 4.79 Å². The molecule has 1 amide bonds. The molecule has 21 heavy (non-hydrogen) atoms. The lowest BCUT2D eigenvalue weighted by Gasteiger charge is -2.19. The number of carbonyl (C=O) groups is 1. The maximum atomic E-state index is 12.4. The van der Waals surface area contributed by atoms with E-state index < -0.39 is 0 Å². The van der Waals surface area contributed by atoms with E-state index in [2.05, 4.69) is 33.5 Å². The van der Waals surface area contributed by atoms with Crippen molar-refractivity contribution in [2.24, 2.45) is 5.92 Å². The molecule has 4 nitrogen and oxygen atoms in total. The van der Waals surface area contributed by atoms with Crippen molar-refractivity contribution < 1.29 is 9.53 Å². The number of ether oxygens (including phenoxy) is 1. The maximum absolute atomic E-state index is 12.4. The average Bonchev–Trinajstić information content (AvgIpc) is 2.91. The molecule has 6 heteroatoms. The molecule has 0 spiro atoms. The number of carbonyl (C=O) groups excluding carboxylic acids is 1. The summed E-state index contributed by atoms with van der Waals surface area (Å²) in [6.45, 7) is 5.94. The minimum atomic E-state index is -0.177. The van der Waals surface area contributed by atoms with Crippen molar-refractivity contribution in [2.45, 2.75) is 26.3 Å². The molecule has 2 atom stereocenters. The number of halogens is 2. The van der Waals surface area contributed by atoms with E-state index in [1.54, 1.807) is 6.07 Å². The summed E-state index contributed by atoms with van der Waals surface area (Å²) in [4.78, 5) is 12.4. The van der Waals surface area contributed by atoms with Crippen molar-refractivity contribution in [3.8, 4) is 0 Å². The number of aryl methyl sites for hydroxylation is 1. The number of rotatable bonds is 5. The van der Waals surface area contributed by atoms with Gasteiger partial charge in [0.15, 0.2) is 0 Å². The molecule has 1 heterocycles. The molecular formula is C15H20BrClN2O2. The molecule has 1 aromatic carbocycles. The number of benzene rings is 1. The zero-order chi connectivity index (χ0) is 15.4. The number of amides is 1. The summed E-state index contributed by atoms with van der Waals surface area (Å²) in [7, 11) is 0. The molecule has 1 aliphatic heterocycles. The minimum Gasteiger partial charge on any atom is -0.379 e. The zero-order valence-electron chi connectivity index (χ0n) is 12.2. The SMILES string of the molecule is CCCNC1COCC1C(=O)Nc1cc(Cl)c(C)cc1Br. The molecule has 0 radical (unpaired) electrons.